The van der Waals surface area contributed by atoms with Crippen LogP contribution in [0, 0.1) is 0 Å². The molecule has 0 spiro atoms. The van der Waals surface area contributed by atoms with Gasteiger partial charge in [0.25, 0.3) is 0 Å². The summed E-state index contributed by atoms with van der Waals surface area (Å²) in [5.41, 5.74) is 4.76. The number of carbonyl (C=O) groups is 2. The molecule has 150 valence electrons. The molecule has 2 amide bonds. The van der Waals surface area contributed by atoms with Crippen molar-refractivity contribution in [2.45, 2.75) is 30.8 Å². The maximum atomic E-state index is 13.1. The van der Waals surface area contributed by atoms with Crippen molar-refractivity contribution < 1.29 is 24.3 Å². The number of nitrogens with one attached hydrogen (secondary N) is 1. The molecule has 0 bridgehead atoms. The first kappa shape index (κ1) is 19.0. The number of cyclic esters (lactones) is 1. The van der Waals surface area contributed by atoms with Crippen LogP contribution in [0.3, 0.4) is 0 Å². The van der Waals surface area contributed by atoms with E-state index < -0.39 is 6.09 Å². The number of phenolic OH excluding ortho intramolecular Hbond substituents is 1. The summed E-state index contributed by atoms with van der Waals surface area (Å²) in [5, 5.41) is 9.58. The molecule has 2 aliphatic heterocycles. The van der Waals surface area contributed by atoms with Crippen molar-refractivity contribution >= 4 is 12.0 Å². The van der Waals surface area contributed by atoms with Gasteiger partial charge in [0.05, 0.1) is 12.1 Å². The Morgan fingerprint density at radius 1 is 1.17 bits per heavy atom. The molecule has 0 aliphatic carbocycles. The molecule has 0 radical (unpaired) electrons. The Balaban J connectivity index is 1.53. The van der Waals surface area contributed by atoms with Crippen LogP contribution in [0.15, 0.2) is 66.9 Å². The van der Waals surface area contributed by atoms with Crippen LogP contribution >= 0.6 is 0 Å². The summed E-state index contributed by atoms with van der Waals surface area (Å²) in [6.07, 6.45) is 3.40. The van der Waals surface area contributed by atoms with Crippen LogP contribution in [0.4, 0.5) is 4.79 Å². The molecule has 7 nitrogen and oxygen atoms in total. The normalized spacial score (nSPS) is 21.7. The smallest absolute Gasteiger partial charge is 0.416 e. The molecule has 2 aliphatic rings. The van der Waals surface area contributed by atoms with Gasteiger partial charge in [-0.1, -0.05) is 42.5 Å². The van der Waals surface area contributed by atoms with Gasteiger partial charge in [-0.15, -0.1) is 5.48 Å². The van der Waals surface area contributed by atoms with Gasteiger partial charge in [0.2, 0.25) is 5.91 Å². The zero-order valence-corrected chi connectivity index (χ0v) is 15.7. The molecule has 0 saturated carbocycles. The second-order valence-corrected chi connectivity index (χ2v) is 7.18. The SMILES string of the molecule is O=C(C[C@@H](c1ccc(O)cc1)C1C=CON1)N1C(=O)OC[C@@H]1Cc1ccccc1. The number of nitrogens with zero attached hydrogens (tertiary/aromatic N) is 1. The number of benzene rings is 2. The second kappa shape index (κ2) is 8.36. The Bertz CT molecular complexity index is 897. The van der Waals surface area contributed by atoms with E-state index in [1.807, 2.05) is 36.4 Å². The van der Waals surface area contributed by atoms with Gasteiger partial charge in [-0.25, -0.2) is 9.69 Å². The van der Waals surface area contributed by atoms with Crippen LogP contribution in [0.2, 0.25) is 0 Å². The molecule has 0 aromatic heterocycles. The summed E-state index contributed by atoms with van der Waals surface area (Å²) >= 11 is 0. The summed E-state index contributed by atoms with van der Waals surface area (Å²) in [7, 11) is 0. The van der Waals surface area contributed by atoms with Crippen molar-refractivity contribution in [1.82, 2.24) is 10.4 Å². The molecular formula is C22H22N2O5. The van der Waals surface area contributed by atoms with Crippen molar-refractivity contribution in [3.63, 3.8) is 0 Å². The summed E-state index contributed by atoms with van der Waals surface area (Å²) in [4.78, 5) is 31.8. The van der Waals surface area contributed by atoms with Gasteiger partial charge in [0.1, 0.15) is 18.6 Å². The van der Waals surface area contributed by atoms with E-state index in [4.69, 9.17) is 9.57 Å². The highest BCUT2D eigenvalue weighted by Crippen LogP contribution is 2.30. The number of hydrogen-bond acceptors (Lipinski definition) is 6. The zero-order chi connectivity index (χ0) is 20.2. The summed E-state index contributed by atoms with van der Waals surface area (Å²) < 4.78 is 5.18. The van der Waals surface area contributed by atoms with E-state index in [9.17, 15) is 14.7 Å². The number of hydrogen-bond donors (Lipinski definition) is 2. The number of phenols is 1. The predicted octanol–water partition coefficient (Wildman–Crippen LogP) is 2.87. The van der Waals surface area contributed by atoms with Crippen LogP contribution in [-0.2, 0) is 20.8 Å². The average molecular weight is 394 g/mol. The van der Waals surface area contributed by atoms with Crippen molar-refractivity contribution in [2.24, 2.45) is 0 Å². The lowest BCUT2D eigenvalue weighted by Gasteiger charge is -2.25. The lowest BCUT2D eigenvalue weighted by atomic mass is 9.88. The van der Waals surface area contributed by atoms with E-state index >= 15 is 0 Å². The fourth-order valence-corrected chi connectivity index (χ4v) is 3.76. The topological polar surface area (TPSA) is 88.1 Å². The van der Waals surface area contributed by atoms with E-state index in [0.29, 0.717) is 6.42 Å². The first-order valence-electron chi connectivity index (χ1n) is 9.51. The third-order valence-electron chi connectivity index (χ3n) is 5.25. The number of imide groups is 1. The number of rotatable bonds is 6. The number of amides is 2. The van der Waals surface area contributed by atoms with Gasteiger partial charge in [-0.3, -0.25) is 4.79 Å². The maximum absolute atomic E-state index is 13.1. The molecular weight excluding hydrogens is 372 g/mol. The minimum atomic E-state index is -0.605. The van der Waals surface area contributed by atoms with Gasteiger partial charge in [0, 0.05) is 12.3 Å². The molecule has 3 atom stereocenters. The summed E-state index contributed by atoms with van der Waals surface area (Å²) in [6, 6.07) is 15.9. The van der Waals surface area contributed by atoms with Crippen LogP contribution < -0.4 is 5.48 Å². The third kappa shape index (κ3) is 4.25. The minimum Gasteiger partial charge on any atom is -0.508 e. The van der Waals surface area contributed by atoms with E-state index in [1.165, 1.54) is 11.2 Å². The lowest BCUT2D eigenvalue weighted by Crippen LogP contribution is -2.42. The molecule has 7 heteroatoms. The summed E-state index contributed by atoms with van der Waals surface area (Å²) in [5.74, 6) is -0.419. The minimum absolute atomic E-state index is 0.0938. The molecule has 29 heavy (non-hydrogen) atoms. The highest BCUT2D eigenvalue weighted by Gasteiger charge is 2.39. The molecule has 2 aromatic rings. The highest BCUT2D eigenvalue weighted by atomic mass is 16.6. The Morgan fingerprint density at radius 3 is 2.62 bits per heavy atom. The van der Waals surface area contributed by atoms with Gasteiger partial charge >= 0.3 is 6.09 Å². The third-order valence-corrected chi connectivity index (χ3v) is 5.25. The van der Waals surface area contributed by atoms with Crippen LogP contribution in [0.5, 0.6) is 5.75 Å². The van der Waals surface area contributed by atoms with Crippen molar-refractivity contribution in [1.29, 1.82) is 0 Å². The Kier molecular flexibility index (Phi) is 5.48. The second-order valence-electron chi connectivity index (χ2n) is 7.18. The van der Waals surface area contributed by atoms with Crippen LogP contribution in [-0.4, -0.2) is 40.7 Å². The number of hydroxylamine groups is 1. The first-order valence-corrected chi connectivity index (χ1v) is 9.51. The van der Waals surface area contributed by atoms with E-state index in [1.54, 1.807) is 24.3 Å². The van der Waals surface area contributed by atoms with Crippen LogP contribution in [0.25, 0.3) is 0 Å². The van der Waals surface area contributed by atoms with Gasteiger partial charge in [-0.2, -0.15) is 0 Å². The Labute approximate surface area is 168 Å². The zero-order valence-electron chi connectivity index (χ0n) is 15.7. The molecule has 1 saturated heterocycles. The van der Waals surface area contributed by atoms with E-state index in [-0.39, 0.29) is 42.7 Å². The maximum Gasteiger partial charge on any atom is 0.416 e. The predicted molar refractivity (Wildman–Crippen MR) is 105 cm³/mol. The molecule has 2 aromatic carbocycles. The number of ether oxygens (including phenoxy) is 1. The highest BCUT2D eigenvalue weighted by molar-refractivity contribution is 5.94. The van der Waals surface area contributed by atoms with Crippen molar-refractivity contribution in [2.75, 3.05) is 6.61 Å². The molecule has 2 N–H and O–H groups in total. The Morgan fingerprint density at radius 2 is 1.93 bits per heavy atom. The van der Waals surface area contributed by atoms with E-state index in [2.05, 4.69) is 5.48 Å². The first-order chi connectivity index (χ1) is 14.1. The molecule has 1 fully saturated rings. The number of aromatic hydroxyl groups is 1. The quantitative estimate of drug-likeness (QED) is 0.783. The molecule has 2 heterocycles. The molecule has 1 unspecified atom stereocenters. The Hall–Kier alpha value is -3.32. The molecule has 4 rings (SSSR count). The van der Waals surface area contributed by atoms with E-state index in [0.717, 1.165) is 11.1 Å². The fourth-order valence-electron chi connectivity index (χ4n) is 3.76. The largest absolute Gasteiger partial charge is 0.508 e. The standard InChI is InChI=1S/C22H22N2O5/c25-18-8-6-16(7-9-18)19(20-10-11-29-23-20)13-21(26)24-17(14-28-22(24)27)12-15-4-2-1-3-5-15/h1-11,17,19-20,23,25H,12-14H2/t17-,19-,20?/m0/s1. The van der Waals surface area contributed by atoms with Gasteiger partial charge in [-0.05, 0) is 35.8 Å². The number of carbonyl (C=O) groups excluding carboxylic acids is 2. The summed E-state index contributed by atoms with van der Waals surface area (Å²) in [6.45, 7) is 0.189. The van der Waals surface area contributed by atoms with Gasteiger partial charge in [0.15, 0.2) is 0 Å². The lowest BCUT2D eigenvalue weighted by molar-refractivity contribution is -0.129. The van der Waals surface area contributed by atoms with Crippen molar-refractivity contribution in [3.8, 4) is 5.75 Å². The fraction of sp³-hybridized carbons (Fsp3) is 0.273. The van der Waals surface area contributed by atoms with Gasteiger partial charge < -0.3 is 14.7 Å². The van der Waals surface area contributed by atoms with Crippen LogP contribution in [0.1, 0.15) is 23.5 Å². The van der Waals surface area contributed by atoms with Crippen molar-refractivity contribution in [3.05, 3.63) is 78.1 Å². The average Bonchev–Trinajstić information content (AvgIpc) is 3.38. The monoisotopic (exact) mass is 394 g/mol.